The number of carbonyl (C=O) groups excluding carboxylic acids is 1. The smallest absolute Gasteiger partial charge is 0.219 e. The fourth-order valence-electron chi connectivity index (χ4n) is 4.28. The number of thioether (sulfide) groups is 1. The lowest BCUT2D eigenvalue weighted by Crippen LogP contribution is -2.56. The number of phenols is 1. The average Bonchev–Trinajstić information content (AvgIpc) is 2.74. The van der Waals surface area contributed by atoms with E-state index in [1.165, 1.54) is 10.5 Å². The molecule has 1 fully saturated rings. The van der Waals surface area contributed by atoms with Gasteiger partial charge in [0.15, 0.2) is 0 Å². The van der Waals surface area contributed by atoms with E-state index in [1.807, 2.05) is 23.1 Å². The van der Waals surface area contributed by atoms with E-state index in [1.54, 1.807) is 24.8 Å². The van der Waals surface area contributed by atoms with Crippen molar-refractivity contribution in [1.82, 2.24) is 10.2 Å². The number of benzene rings is 2. The Labute approximate surface area is 176 Å². The van der Waals surface area contributed by atoms with Crippen molar-refractivity contribution in [2.45, 2.75) is 42.8 Å². The molecule has 4 rings (SSSR count). The molecule has 152 valence electrons. The number of rotatable bonds is 3. The zero-order chi connectivity index (χ0) is 20.4. The SMILES string of the molecule is CSc1ccc(C2CC(c3ccccc3O)=NC3(CCN(C(C)=O)CC3)N2)cc1. The number of para-hydroxylation sites is 1. The number of aliphatic imine (C=N–C) groups is 1. The number of hydrogen-bond acceptors (Lipinski definition) is 5. The van der Waals surface area contributed by atoms with Crippen LogP contribution < -0.4 is 5.32 Å². The summed E-state index contributed by atoms with van der Waals surface area (Å²) < 4.78 is 0. The highest BCUT2D eigenvalue weighted by Crippen LogP contribution is 2.36. The summed E-state index contributed by atoms with van der Waals surface area (Å²) in [5.74, 6) is 0.380. The van der Waals surface area contributed by atoms with Gasteiger partial charge >= 0.3 is 0 Å². The van der Waals surface area contributed by atoms with Gasteiger partial charge in [0.2, 0.25) is 5.91 Å². The maximum absolute atomic E-state index is 11.8. The summed E-state index contributed by atoms with van der Waals surface area (Å²) >= 11 is 1.73. The average molecular weight is 410 g/mol. The normalized spacial score (nSPS) is 21.1. The van der Waals surface area contributed by atoms with Crippen LogP contribution >= 0.6 is 11.8 Å². The van der Waals surface area contributed by atoms with E-state index in [2.05, 4.69) is 35.8 Å². The molecule has 29 heavy (non-hydrogen) atoms. The van der Waals surface area contributed by atoms with Crippen LogP contribution in [-0.4, -0.2) is 46.6 Å². The fourth-order valence-corrected chi connectivity index (χ4v) is 4.69. The van der Waals surface area contributed by atoms with Crippen LogP contribution in [0.5, 0.6) is 5.75 Å². The summed E-state index contributed by atoms with van der Waals surface area (Å²) in [5, 5.41) is 14.2. The quantitative estimate of drug-likeness (QED) is 0.753. The first-order chi connectivity index (χ1) is 14.0. The minimum absolute atomic E-state index is 0.113. The highest BCUT2D eigenvalue weighted by molar-refractivity contribution is 7.98. The molecular weight excluding hydrogens is 382 g/mol. The van der Waals surface area contributed by atoms with Gasteiger partial charge in [0.1, 0.15) is 11.4 Å². The first kappa shape index (κ1) is 20.0. The second-order valence-electron chi connectivity index (χ2n) is 7.79. The predicted octanol–water partition coefficient (Wildman–Crippen LogP) is 3.98. The Hall–Kier alpha value is -2.31. The van der Waals surface area contributed by atoms with Gasteiger partial charge in [-0.3, -0.25) is 15.1 Å². The van der Waals surface area contributed by atoms with Crippen LogP contribution in [0.4, 0.5) is 0 Å². The van der Waals surface area contributed by atoms with Crippen LogP contribution in [0.2, 0.25) is 0 Å². The molecule has 1 spiro atoms. The Kier molecular flexibility index (Phi) is 5.65. The van der Waals surface area contributed by atoms with Crippen LogP contribution in [0.1, 0.15) is 43.4 Å². The largest absolute Gasteiger partial charge is 0.507 e. The molecule has 5 nitrogen and oxygen atoms in total. The second-order valence-corrected chi connectivity index (χ2v) is 8.67. The summed E-state index contributed by atoms with van der Waals surface area (Å²) in [5.41, 5.74) is 2.54. The predicted molar refractivity (Wildman–Crippen MR) is 118 cm³/mol. The minimum atomic E-state index is -0.412. The number of amides is 1. The van der Waals surface area contributed by atoms with Crippen molar-refractivity contribution >= 4 is 23.4 Å². The number of aromatic hydroxyl groups is 1. The summed E-state index contributed by atoms with van der Waals surface area (Å²) in [6.07, 6.45) is 4.33. The molecule has 0 aliphatic carbocycles. The monoisotopic (exact) mass is 409 g/mol. The van der Waals surface area contributed by atoms with Gasteiger partial charge in [-0.25, -0.2) is 0 Å². The Morgan fingerprint density at radius 3 is 2.48 bits per heavy atom. The third-order valence-corrected chi connectivity index (χ3v) is 6.70. The summed E-state index contributed by atoms with van der Waals surface area (Å²) in [4.78, 5) is 20.0. The number of hydrogen-bond donors (Lipinski definition) is 2. The number of phenolic OH excluding ortho intramolecular Hbond substituents is 1. The number of piperidine rings is 1. The molecule has 1 unspecified atom stereocenters. The van der Waals surface area contributed by atoms with Gasteiger partial charge in [-0.1, -0.05) is 24.3 Å². The van der Waals surface area contributed by atoms with Crippen molar-refractivity contribution in [3.8, 4) is 5.75 Å². The molecule has 1 saturated heterocycles. The molecule has 0 aromatic heterocycles. The van der Waals surface area contributed by atoms with Gasteiger partial charge in [0.05, 0.1) is 0 Å². The number of likely N-dealkylation sites (tertiary alicyclic amines) is 1. The first-order valence-corrected chi connectivity index (χ1v) is 11.3. The third-order valence-electron chi connectivity index (χ3n) is 5.96. The van der Waals surface area contributed by atoms with Crippen molar-refractivity contribution in [1.29, 1.82) is 0 Å². The van der Waals surface area contributed by atoms with Crippen molar-refractivity contribution in [3.05, 3.63) is 59.7 Å². The molecule has 0 radical (unpaired) electrons. The highest BCUT2D eigenvalue weighted by Gasteiger charge is 2.40. The van der Waals surface area contributed by atoms with E-state index < -0.39 is 5.66 Å². The van der Waals surface area contributed by atoms with Gasteiger partial charge < -0.3 is 10.0 Å². The van der Waals surface area contributed by atoms with E-state index in [0.29, 0.717) is 19.5 Å². The van der Waals surface area contributed by atoms with E-state index in [-0.39, 0.29) is 17.7 Å². The molecule has 2 aromatic rings. The third kappa shape index (κ3) is 4.19. The second kappa shape index (κ2) is 8.20. The van der Waals surface area contributed by atoms with Gasteiger partial charge in [0, 0.05) is 61.5 Å². The first-order valence-electron chi connectivity index (χ1n) is 10.0. The highest BCUT2D eigenvalue weighted by atomic mass is 32.2. The molecule has 2 heterocycles. The molecule has 0 saturated carbocycles. The lowest BCUT2D eigenvalue weighted by atomic mass is 9.87. The fraction of sp³-hybridized carbons (Fsp3) is 0.391. The number of nitrogens with one attached hydrogen (secondary N) is 1. The van der Waals surface area contributed by atoms with Gasteiger partial charge in [-0.2, -0.15) is 0 Å². The van der Waals surface area contributed by atoms with Crippen molar-refractivity contribution in [2.75, 3.05) is 19.3 Å². The maximum Gasteiger partial charge on any atom is 0.219 e. The van der Waals surface area contributed by atoms with Crippen LogP contribution in [0.3, 0.4) is 0 Å². The molecule has 0 bridgehead atoms. The van der Waals surface area contributed by atoms with Crippen LogP contribution in [0, 0.1) is 0 Å². The summed E-state index contributed by atoms with van der Waals surface area (Å²) in [6, 6.07) is 16.2. The van der Waals surface area contributed by atoms with Crippen LogP contribution in [0.25, 0.3) is 0 Å². The molecule has 1 atom stereocenters. The van der Waals surface area contributed by atoms with Gasteiger partial charge in [-0.05, 0) is 36.1 Å². The Balaban J connectivity index is 1.69. The van der Waals surface area contributed by atoms with E-state index in [9.17, 15) is 9.90 Å². The summed E-state index contributed by atoms with van der Waals surface area (Å²) in [6.45, 7) is 3.01. The molecule has 6 heteroatoms. The molecule has 2 aliphatic heterocycles. The Morgan fingerprint density at radius 1 is 1.17 bits per heavy atom. The number of carbonyl (C=O) groups is 1. The molecule has 1 amide bonds. The van der Waals surface area contributed by atoms with Crippen LogP contribution in [0.15, 0.2) is 58.4 Å². The lowest BCUT2D eigenvalue weighted by Gasteiger charge is -2.45. The summed E-state index contributed by atoms with van der Waals surface area (Å²) in [7, 11) is 0. The maximum atomic E-state index is 11.8. The molecule has 2 aromatic carbocycles. The Morgan fingerprint density at radius 2 is 1.86 bits per heavy atom. The van der Waals surface area contributed by atoms with Gasteiger partial charge in [0.25, 0.3) is 0 Å². The van der Waals surface area contributed by atoms with Crippen molar-refractivity contribution < 1.29 is 9.90 Å². The van der Waals surface area contributed by atoms with E-state index >= 15 is 0 Å². The molecule has 2 N–H and O–H groups in total. The Bertz CT molecular complexity index is 918. The molecule has 2 aliphatic rings. The minimum Gasteiger partial charge on any atom is -0.507 e. The zero-order valence-electron chi connectivity index (χ0n) is 16.9. The topological polar surface area (TPSA) is 64.9 Å². The van der Waals surface area contributed by atoms with Crippen molar-refractivity contribution in [3.63, 3.8) is 0 Å². The number of nitrogens with zero attached hydrogens (tertiary/aromatic N) is 2. The molecular formula is C23H27N3O2S. The van der Waals surface area contributed by atoms with Crippen LogP contribution in [-0.2, 0) is 4.79 Å². The standard InChI is InChI=1S/C23H27N3O2S/c1-16(27)26-13-11-23(12-14-26)24-20(17-7-9-18(29-2)10-8-17)15-21(25-23)19-5-3-4-6-22(19)28/h3-10,20,24,28H,11-15H2,1-2H3. The zero-order valence-corrected chi connectivity index (χ0v) is 17.7. The lowest BCUT2D eigenvalue weighted by molar-refractivity contribution is -0.130. The van der Waals surface area contributed by atoms with Crippen molar-refractivity contribution in [2.24, 2.45) is 4.99 Å². The van der Waals surface area contributed by atoms with Gasteiger partial charge in [-0.15, -0.1) is 11.8 Å². The van der Waals surface area contributed by atoms with E-state index in [4.69, 9.17) is 4.99 Å². The van der Waals surface area contributed by atoms with E-state index in [0.717, 1.165) is 24.1 Å².